The van der Waals surface area contributed by atoms with Crippen LogP contribution in [0.1, 0.15) is 78.5 Å². The zero-order chi connectivity index (χ0) is 40.5. The predicted molar refractivity (Wildman–Crippen MR) is 205 cm³/mol. The van der Waals surface area contributed by atoms with E-state index in [-0.39, 0.29) is 30.5 Å². The number of epoxide rings is 1. The number of alkyl halides is 3. The van der Waals surface area contributed by atoms with Crippen molar-refractivity contribution < 1.29 is 37.4 Å². The number of para-hydroxylation sites is 1. The second-order valence-corrected chi connectivity index (χ2v) is 15.7. The van der Waals surface area contributed by atoms with E-state index in [4.69, 9.17) is 9.84 Å². The first-order chi connectivity index (χ1) is 27.8. The lowest BCUT2D eigenvalue weighted by molar-refractivity contribution is -0.141. The average molecular weight is 802 g/mol. The Hall–Kier alpha value is -5.59. The molecule has 5 aromatic rings. The van der Waals surface area contributed by atoms with Crippen LogP contribution in [-0.4, -0.2) is 90.6 Å². The Labute approximate surface area is 329 Å². The summed E-state index contributed by atoms with van der Waals surface area (Å²) >= 11 is 0. The van der Waals surface area contributed by atoms with Gasteiger partial charge in [0.25, 0.3) is 5.91 Å². The van der Waals surface area contributed by atoms with Gasteiger partial charge < -0.3 is 20.1 Å². The number of piperidine rings is 1. The van der Waals surface area contributed by atoms with Gasteiger partial charge in [-0.15, -0.1) is 0 Å². The molecule has 3 atom stereocenters. The molecule has 0 radical (unpaired) electrons. The van der Waals surface area contributed by atoms with E-state index in [0.717, 1.165) is 87.1 Å². The molecular weight excluding hydrogens is 759 g/mol. The van der Waals surface area contributed by atoms with E-state index in [1.165, 1.54) is 10.6 Å². The van der Waals surface area contributed by atoms with Crippen molar-refractivity contribution in [1.29, 1.82) is 0 Å². The summed E-state index contributed by atoms with van der Waals surface area (Å²) in [7, 11) is 1.73. The molecule has 3 amide bonds. The van der Waals surface area contributed by atoms with E-state index in [9.17, 15) is 37.5 Å². The number of aryl methyl sites for hydroxylation is 1. The molecule has 3 saturated heterocycles. The summed E-state index contributed by atoms with van der Waals surface area (Å²) in [6, 6.07) is 11.8. The molecule has 15 nitrogen and oxygen atoms in total. The van der Waals surface area contributed by atoms with Crippen LogP contribution < -0.4 is 21.2 Å². The van der Waals surface area contributed by atoms with Crippen LogP contribution in [0.25, 0.3) is 21.9 Å². The van der Waals surface area contributed by atoms with E-state index in [0.29, 0.717) is 28.2 Å². The van der Waals surface area contributed by atoms with Gasteiger partial charge in [0.2, 0.25) is 11.8 Å². The number of imidazole rings is 1. The number of carbonyl (C=O) groups is 3. The third kappa shape index (κ3) is 7.13. The largest absolute Gasteiger partial charge is 0.433 e. The zero-order valence-electron chi connectivity index (χ0n) is 31.6. The number of benzene rings is 2. The van der Waals surface area contributed by atoms with Gasteiger partial charge in [0.1, 0.15) is 23.5 Å². The van der Waals surface area contributed by atoms with Crippen LogP contribution in [0.2, 0.25) is 0 Å². The van der Waals surface area contributed by atoms with Crippen LogP contribution in [0.3, 0.4) is 0 Å². The number of pyridine rings is 1. The summed E-state index contributed by atoms with van der Waals surface area (Å²) in [6.07, 6.45) is -0.168. The summed E-state index contributed by atoms with van der Waals surface area (Å²) in [4.78, 5) is 59.2. The lowest BCUT2D eigenvalue weighted by Crippen LogP contribution is -2.48. The normalized spacial score (nSPS) is 24.4. The molecule has 1 aliphatic carbocycles. The molecule has 2 aromatic carbocycles. The van der Waals surface area contributed by atoms with Crippen molar-refractivity contribution in [2.24, 2.45) is 13.0 Å². The van der Waals surface area contributed by atoms with Crippen molar-refractivity contribution in [3.05, 3.63) is 82.2 Å². The second kappa shape index (κ2) is 14.7. The number of ether oxygens (including phenoxy) is 1. The first-order valence-corrected chi connectivity index (χ1v) is 19.5. The molecule has 0 bridgehead atoms. The van der Waals surface area contributed by atoms with E-state index >= 15 is 0 Å². The van der Waals surface area contributed by atoms with Crippen LogP contribution in [0.15, 0.2) is 59.5 Å². The Kier molecular flexibility index (Phi) is 9.59. The molecule has 1 saturated carbocycles. The van der Waals surface area contributed by atoms with Gasteiger partial charge in [-0.25, -0.2) is 9.78 Å². The first kappa shape index (κ1) is 38.0. The van der Waals surface area contributed by atoms with Crippen molar-refractivity contribution in [3.63, 3.8) is 0 Å². The molecule has 9 rings (SSSR count). The second-order valence-electron chi connectivity index (χ2n) is 15.7. The summed E-state index contributed by atoms with van der Waals surface area (Å²) < 4.78 is 50.1. The smallest absolute Gasteiger partial charge is 0.367 e. The SMILES string of the molecule is Cn1c(=O)n(C2CCC(=O)NC2=O)c2cccc(N3CCN(C[C@H]4CC[C@H](n5cc6cc(NC(=O)c7cccc(C(F)(F)F)n7)c(C7OC7O)cc6n5)CC4)CC3)c21. The van der Waals surface area contributed by atoms with E-state index in [1.54, 1.807) is 23.7 Å². The number of hydrogen-bond donors (Lipinski definition) is 3. The molecule has 3 aromatic heterocycles. The quantitative estimate of drug-likeness (QED) is 0.152. The number of hydrogen-bond acceptors (Lipinski definition) is 10. The number of nitrogens with zero attached hydrogens (tertiary/aromatic N) is 7. The van der Waals surface area contributed by atoms with Crippen molar-refractivity contribution in [3.8, 4) is 0 Å². The van der Waals surface area contributed by atoms with Crippen LogP contribution in [0.4, 0.5) is 24.5 Å². The molecule has 3 aliphatic heterocycles. The fourth-order valence-electron chi connectivity index (χ4n) is 8.91. The van der Waals surface area contributed by atoms with E-state index < -0.39 is 47.8 Å². The van der Waals surface area contributed by atoms with Gasteiger partial charge in [0.15, 0.2) is 6.29 Å². The van der Waals surface area contributed by atoms with Crippen LogP contribution >= 0.6 is 0 Å². The molecule has 304 valence electrons. The number of aromatic nitrogens is 5. The maximum atomic E-state index is 13.4. The zero-order valence-corrected chi connectivity index (χ0v) is 31.6. The van der Waals surface area contributed by atoms with Gasteiger partial charge in [-0.3, -0.25) is 38.4 Å². The van der Waals surface area contributed by atoms with Gasteiger partial charge in [0.05, 0.1) is 28.3 Å². The number of carbonyl (C=O) groups excluding carboxylic acids is 3. The Bertz CT molecular complexity index is 2500. The predicted octanol–water partition coefficient (Wildman–Crippen LogP) is 4.28. The lowest BCUT2D eigenvalue weighted by atomic mass is 9.85. The van der Waals surface area contributed by atoms with Gasteiger partial charge in [-0.05, 0) is 74.4 Å². The number of nitrogens with one attached hydrogen (secondary N) is 2. The number of anilines is 2. The maximum Gasteiger partial charge on any atom is 0.433 e. The van der Waals surface area contributed by atoms with Gasteiger partial charge in [0, 0.05) is 69.0 Å². The monoisotopic (exact) mass is 801 g/mol. The van der Waals surface area contributed by atoms with Gasteiger partial charge >= 0.3 is 11.9 Å². The van der Waals surface area contributed by atoms with Crippen molar-refractivity contribution in [2.75, 3.05) is 42.9 Å². The number of aliphatic hydroxyl groups is 1. The molecule has 58 heavy (non-hydrogen) atoms. The molecule has 0 spiro atoms. The molecule has 6 heterocycles. The number of aliphatic hydroxyl groups excluding tert-OH is 1. The number of amides is 3. The summed E-state index contributed by atoms with van der Waals surface area (Å²) in [5, 5.41) is 20.7. The fourth-order valence-corrected chi connectivity index (χ4v) is 8.91. The standard InChI is InChI=1S/C40H42F3N9O6/c1-48-34-29(5-3-6-30(34)52(39(48)57)31-12-13-33(53)46-37(31)55)50-16-14-49(15-17-50)20-22-8-10-24(11-9-22)51-21-23-18-28(25(19-27(23)47-51)35-38(56)58-35)45-36(54)26-4-2-7-32(44-26)40(41,42)43/h2-7,18-19,21-22,24,31,35,38,56H,8-17,20H2,1H3,(H,45,54)(H,46,53,55)/t22-,24-,31?,35?,38?. The summed E-state index contributed by atoms with van der Waals surface area (Å²) in [5.74, 6) is -1.07. The molecule has 3 unspecified atom stereocenters. The number of imide groups is 1. The minimum atomic E-state index is -4.70. The minimum absolute atomic E-state index is 0.165. The Balaban J connectivity index is 0.829. The van der Waals surface area contributed by atoms with Crippen molar-refractivity contribution in [2.45, 2.75) is 69.2 Å². The molecule has 4 fully saturated rings. The Morgan fingerprint density at radius 1 is 1.00 bits per heavy atom. The van der Waals surface area contributed by atoms with Crippen LogP contribution in [-0.2, 0) is 27.5 Å². The highest BCUT2D eigenvalue weighted by atomic mass is 19.4. The third-order valence-corrected chi connectivity index (χ3v) is 12.0. The summed E-state index contributed by atoms with van der Waals surface area (Å²) in [6.45, 7) is 4.29. The Morgan fingerprint density at radius 2 is 1.74 bits per heavy atom. The highest BCUT2D eigenvalue weighted by Crippen LogP contribution is 2.43. The number of rotatable bonds is 8. The highest BCUT2D eigenvalue weighted by molar-refractivity contribution is 6.04. The minimum Gasteiger partial charge on any atom is -0.367 e. The number of halogens is 3. The molecule has 18 heteroatoms. The average Bonchev–Trinajstić information content (AvgIpc) is 3.69. The van der Waals surface area contributed by atoms with Crippen molar-refractivity contribution in [1.82, 2.24) is 34.1 Å². The van der Waals surface area contributed by atoms with Crippen molar-refractivity contribution >= 4 is 51.0 Å². The number of fused-ring (bicyclic) bond motifs is 2. The molecular formula is C40H42F3N9O6. The van der Waals surface area contributed by atoms with E-state index in [1.807, 2.05) is 29.1 Å². The molecule has 3 N–H and O–H groups in total. The maximum absolute atomic E-state index is 13.4. The summed E-state index contributed by atoms with van der Waals surface area (Å²) in [5.41, 5.74) is 1.98. The Morgan fingerprint density at radius 3 is 2.45 bits per heavy atom. The molecule has 4 aliphatic rings. The van der Waals surface area contributed by atoms with Crippen LogP contribution in [0, 0.1) is 5.92 Å². The highest BCUT2D eigenvalue weighted by Gasteiger charge is 2.41. The van der Waals surface area contributed by atoms with Gasteiger partial charge in [-0.1, -0.05) is 12.1 Å². The van der Waals surface area contributed by atoms with Crippen LogP contribution in [0.5, 0.6) is 0 Å². The topological polar surface area (TPSA) is 172 Å². The number of piperazine rings is 1. The van der Waals surface area contributed by atoms with E-state index in [2.05, 4.69) is 25.4 Å². The van der Waals surface area contributed by atoms with Gasteiger partial charge in [-0.2, -0.15) is 18.3 Å². The lowest BCUT2D eigenvalue weighted by Gasteiger charge is -2.39. The first-order valence-electron chi connectivity index (χ1n) is 19.5. The third-order valence-electron chi connectivity index (χ3n) is 12.0. The fraction of sp³-hybridized carbons (Fsp3) is 0.450.